The average Bonchev–Trinajstić information content (AvgIpc) is 1.67. The molecule has 0 amide bonds. The van der Waals surface area contributed by atoms with Gasteiger partial charge < -0.3 is 0 Å². The fourth-order valence-electron chi connectivity index (χ4n) is 0.397. The van der Waals surface area contributed by atoms with Gasteiger partial charge in [0.1, 0.15) is 5.78 Å². The summed E-state index contributed by atoms with van der Waals surface area (Å²) < 4.78 is 0. The zero-order valence-electron chi connectivity index (χ0n) is 5.35. The number of hydrogen-bond acceptors (Lipinski definition) is 2. The van der Waals surface area contributed by atoms with Gasteiger partial charge in [0, 0.05) is 5.92 Å². The van der Waals surface area contributed by atoms with E-state index in [0.717, 1.165) is 12.2 Å². The van der Waals surface area contributed by atoms with Crippen LogP contribution < -0.4 is 0 Å². The topological polar surface area (TPSA) is 17.1 Å². The van der Waals surface area contributed by atoms with E-state index >= 15 is 0 Å². The molecule has 0 N–H and O–H groups in total. The van der Waals surface area contributed by atoms with Gasteiger partial charge >= 0.3 is 0 Å². The maximum Gasteiger partial charge on any atom is 0.132 e. The standard InChI is InChI=1S/C6H12OS/c1-5(3-4-8)6(2)7/h5,8H,3-4H2,1-2H3. The highest BCUT2D eigenvalue weighted by atomic mass is 32.1. The minimum Gasteiger partial charge on any atom is -0.300 e. The largest absolute Gasteiger partial charge is 0.300 e. The first-order valence-electron chi connectivity index (χ1n) is 2.79. The molecular formula is C6H12OS. The number of carbonyl (C=O) groups excluding carboxylic acids is 1. The Balaban J connectivity index is 3.32. The van der Waals surface area contributed by atoms with Crippen molar-refractivity contribution in [3.05, 3.63) is 0 Å². The Morgan fingerprint density at radius 3 is 2.38 bits per heavy atom. The van der Waals surface area contributed by atoms with Gasteiger partial charge in [-0.1, -0.05) is 6.92 Å². The van der Waals surface area contributed by atoms with Gasteiger partial charge in [-0.05, 0) is 19.1 Å². The van der Waals surface area contributed by atoms with Gasteiger partial charge in [0.05, 0.1) is 0 Å². The summed E-state index contributed by atoms with van der Waals surface area (Å²) in [6.07, 6.45) is 0.901. The van der Waals surface area contributed by atoms with E-state index < -0.39 is 0 Å². The number of carbonyl (C=O) groups is 1. The zero-order chi connectivity index (χ0) is 6.57. The van der Waals surface area contributed by atoms with E-state index in [-0.39, 0.29) is 11.7 Å². The Morgan fingerprint density at radius 1 is 1.75 bits per heavy atom. The molecule has 0 radical (unpaired) electrons. The smallest absolute Gasteiger partial charge is 0.132 e. The van der Waals surface area contributed by atoms with Crippen molar-refractivity contribution < 1.29 is 4.79 Å². The molecule has 0 aliphatic carbocycles. The van der Waals surface area contributed by atoms with E-state index in [2.05, 4.69) is 12.6 Å². The van der Waals surface area contributed by atoms with Gasteiger partial charge in [-0.25, -0.2) is 0 Å². The molecule has 0 aromatic rings. The van der Waals surface area contributed by atoms with E-state index in [9.17, 15) is 4.79 Å². The highest BCUT2D eigenvalue weighted by molar-refractivity contribution is 7.80. The van der Waals surface area contributed by atoms with Crippen LogP contribution >= 0.6 is 12.6 Å². The van der Waals surface area contributed by atoms with Crippen LogP contribution in [0.1, 0.15) is 20.3 Å². The van der Waals surface area contributed by atoms with Crippen molar-refractivity contribution in [2.45, 2.75) is 20.3 Å². The first-order valence-corrected chi connectivity index (χ1v) is 3.43. The molecule has 1 unspecified atom stereocenters. The van der Waals surface area contributed by atoms with E-state index in [1.165, 1.54) is 0 Å². The predicted molar refractivity (Wildman–Crippen MR) is 38.3 cm³/mol. The van der Waals surface area contributed by atoms with Gasteiger partial charge in [-0.15, -0.1) is 0 Å². The van der Waals surface area contributed by atoms with Crippen LogP contribution in [0.15, 0.2) is 0 Å². The molecule has 0 aliphatic heterocycles. The zero-order valence-corrected chi connectivity index (χ0v) is 6.24. The Morgan fingerprint density at radius 2 is 2.25 bits per heavy atom. The molecule has 0 aromatic heterocycles. The van der Waals surface area contributed by atoms with Crippen LogP contribution in [0.4, 0.5) is 0 Å². The van der Waals surface area contributed by atoms with Crippen molar-refractivity contribution in [1.29, 1.82) is 0 Å². The van der Waals surface area contributed by atoms with Crippen molar-refractivity contribution in [2.24, 2.45) is 5.92 Å². The van der Waals surface area contributed by atoms with Crippen LogP contribution in [0.25, 0.3) is 0 Å². The van der Waals surface area contributed by atoms with E-state index in [0.29, 0.717) is 0 Å². The molecule has 1 atom stereocenters. The highest BCUT2D eigenvalue weighted by Gasteiger charge is 2.03. The highest BCUT2D eigenvalue weighted by Crippen LogP contribution is 2.02. The molecule has 2 heteroatoms. The molecule has 1 nitrogen and oxygen atoms in total. The molecule has 0 heterocycles. The van der Waals surface area contributed by atoms with Crippen molar-refractivity contribution in [3.63, 3.8) is 0 Å². The monoisotopic (exact) mass is 132 g/mol. The van der Waals surface area contributed by atoms with E-state index in [1.54, 1.807) is 6.92 Å². The second-order valence-corrected chi connectivity index (χ2v) is 2.47. The number of ketones is 1. The molecule has 0 aromatic carbocycles. The lowest BCUT2D eigenvalue weighted by Crippen LogP contribution is -2.05. The fourth-order valence-corrected chi connectivity index (χ4v) is 0.784. The van der Waals surface area contributed by atoms with Gasteiger partial charge in [0.15, 0.2) is 0 Å². The lowest BCUT2D eigenvalue weighted by molar-refractivity contribution is -0.120. The molecule has 0 saturated carbocycles. The Hall–Kier alpha value is 0.0200. The summed E-state index contributed by atoms with van der Waals surface area (Å²) in [6.45, 7) is 3.55. The minimum atomic E-state index is 0.201. The summed E-state index contributed by atoms with van der Waals surface area (Å²) in [5.41, 5.74) is 0. The van der Waals surface area contributed by atoms with Gasteiger partial charge in [-0.2, -0.15) is 12.6 Å². The molecule has 0 bridgehead atoms. The summed E-state index contributed by atoms with van der Waals surface area (Å²) in [5, 5.41) is 0. The van der Waals surface area contributed by atoms with Gasteiger partial charge in [0.2, 0.25) is 0 Å². The third-order valence-corrected chi connectivity index (χ3v) is 1.51. The maximum absolute atomic E-state index is 10.5. The van der Waals surface area contributed by atoms with Crippen molar-refractivity contribution in [2.75, 3.05) is 5.75 Å². The first-order chi connectivity index (χ1) is 3.68. The Labute approximate surface area is 55.9 Å². The molecule has 0 aliphatic rings. The maximum atomic E-state index is 10.5. The third-order valence-electron chi connectivity index (χ3n) is 1.26. The normalized spacial score (nSPS) is 13.4. The lowest BCUT2D eigenvalue weighted by Gasteiger charge is -2.01. The molecule has 0 rings (SSSR count). The Bertz CT molecular complexity index is 80.6. The van der Waals surface area contributed by atoms with Crippen molar-refractivity contribution in [3.8, 4) is 0 Å². The summed E-state index contributed by atoms with van der Waals surface area (Å²) >= 11 is 4.00. The molecule has 8 heavy (non-hydrogen) atoms. The molecule has 0 fully saturated rings. The number of Topliss-reactive ketones (excluding diaryl/α,β-unsaturated/α-hetero) is 1. The van der Waals surface area contributed by atoms with Crippen molar-refractivity contribution >= 4 is 18.4 Å². The number of rotatable bonds is 3. The molecule has 0 spiro atoms. The predicted octanol–water partition coefficient (Wildman–Crippen LogP) is 1.53. The second-order valence-electron chi connectivity index (χ2n) is 2.02. The molecule has 0 saturated heterocycles. The summed E-state index contributed by atoms with van der Waals surface area (Å²) in [5.74, 6) is 1.27. The van der Waals surface area contributed by atoms with Crippen LogP contribution in [0.2, 0.25) is 0 Å². The van der Waals surface area contributed by atoms with E-state index in [1.807, 2.05) is 6.92 Å². The summed E-state index contributed by atoms with van der Waals surface area (Å²) in [6, 6.07) is 0. The summed E-state index contributed by atoms with van der Waals surface area (Å²) in [7, 11) is 0. The van der Waals surface area contributed by atoms with Crippen LogP contribution in [0.3, 0.4) is 0 Å². The first kappa shape index (κ1) is 8.02. The van der Waals surface area contributed by atoms with Crippen LogP contribution in [0.5, 0.6) is 0 Å². The van der Waals surface area contributed by atoms with Crippen LogP contribution in [-0.2, 0) is 4.79 Å². The van der Waals surface area contributed by atoms with Gasteiger partial charge in [-0.3, -0.25) is 4.79 Å². The molecular weight excluding hydrogens is 120 g/mol. The SMILES string of the molecule is CC(=O)C(C)CCS. The number of hydrogen-bond donors (Lipinski definition) is 1. The summed E-state index contributed by atoms with van der Waals surface area (Å²) in [4.78, 5) is 10.5. The van der Waals surface area contributed by atoms with Crippen molar-refractivity contribution in [1.82, 2.24) is 0 Å². The third kappa shape index (κ3) is 3.08. The molecule has 48 valence electrons. The quantitative estimate of drug-likeness (QED) is 0.576. The van der Waals surface area contributed by atoms with Crippen LogP contribution in [0, 0.1) is 5.92 Å². The minimum absolute atomic E-state index is 0.201. The Kier molecular flexibility index (Phi) is 3.97. The average molecular weight is 132 g/mol. The van der Waals surface area contributed by atoms with Crippen LogP contribution in [-0.4, -0.2) is 11.5 Å². The fraction of sp³-hybridized carbons (Fsp3) is 0.833. The second kappa shape index (κ2) is 3.96. The lowest BCUT2D eigenvalue weighted by atomic mass is 10.1. The van der Waals surface area contributed by atoms with E-state index in [4.69, 9.17) is 0 Å². The number of thiol groups is 1. The van der Waals surface area contributed by atoms with Gasteiger partial charge in [0.25, 0.3) is 0 Å².